The quantitative estimate of drug-likeness (QED) is 0.676. The van der Waals surface area contributed by atoms with E-state index in [1.807, 2.05) is 31.2 Å². The number of amides is 1. The van der Waals surface area contributed by atoms with Crippen LogP contribution in [0, 0.1) is 12.3 Å². The predicted octanol–water partition coefficient (Wildman–Crippen LogP) is 2.58. The first kappa shape index (κ1) is 21.3. The van der Waals surface area contributed by atoms with Crippen LogP contribution in [0.5, 0.6) is 5.75 Å². The molecule has 0 aliphatic carbocycles. The van der Waals surface area contributed by atoms with E-state index in [1.165, 1.54) is 0 Å². The summed E-state index contributed by atoms with van der Waals surface area (Å²) in [5.74, 6) is 0.394. The number of sulfonamides is 1. The second-order valence-corrected chi connectivity index (χ2v) is 10.1. The molecule has 0 fully saturated rings. The predicted molar refractivity (Wildman–Crippen MR) is 104 cm³/mol. The second-order valence-electron chi connectivity index (χ2n) is 7.22. The number of carbonyl (C=O) groups excluding carboxylic acids is 1. The summed E-state index contributed by atoms with van der Waals surface area (Å²) in [5.41, 5.74) is 0.492. The number of hydrogen-bond acceptors (Lipinski definition) is 7. The number of ether oxygens (including phenoxy) is 1. The number of nitrogens with one attached hydrogen (secondary N) is 2. The molecule has 1 atom stereocenters. The monoisotopic (exact) mass is 412 g/mol. The first-order valence-electron chi connectivity index (χ1n) is 8.34. The number of benzene rings is 1. The van der Waals surface area contributed by atoms with Gasteiger partial charge < -0.3 is 10.1 Å². The van der Waals surface area contributed by atoms with Crippen molar-refractivity contribution in [1.82, 2.24) is 14.9 Å². The highest BCUT2D eigenvalue weighted by Gasteiger charge is 2.26. The molecule has 10 heteroatoms. The lowest BCUT2D eigenvalue weighted by Gasteiger charge is -2.15. The van der Waals surface area contributed by atoms with Crippen molar-refractivity contribution in [2.75, 3.05) is 11.9 Å². The highest BCUT2D eigenvalue weighted by atomic mass is 32.2. The molecule has 2 aromatic rings. The summed E-state index contributed by atoms with van der Waals surface area (Å²) in [6, 6.07) is 7.00. The van der Waals surface area contributed by atoms with E-state index < -0.39 is 21.5 Å². The molecule has 1 amide bonds. The van der Waals surface area contributed by atoms with Gasteiger partial charge >= 0.3 is 0 Å². The first-order valence-corrected chi connectivity index (χ1v) is 10.6. The molecule has 1 unspecified atom stereocenters. The van der Waals surface area contributed by atoms with Gasteiger partial charge in [-0.25, -0.2) is 13.1 Å². The van der Waals surface area contributed by atoms with Crippen molar-refractivity contribution in [2.45, 2.75) is 45.0 Å². The summed E-state index contributed by atoms with van der Waals surface area (Å²) in [5, 5.41) is 10.1. The molecule has 0 radical (unpaired) electrons. The lowest BCUT2D eigenvalue weighted by atomic mass is 9.96. The average Bonchev–Trinajstić information content (AvgIpc) is 3.02. The van der Waals surface area contributed by atoms with Crippen molar-refractivity contribution >= 4 is 32.4 Å². The van der Waals surface area contributed by atoms with Crippen LogP contribution < -0.4 is 14.8 Å². The van der Waals surface area contributed by atoms with Gasteiger partial charge in [0.1, 0.15) is 12.4 Å². The van der Waals surface area contributed by atoms with Crippen molar-refractivity contribution in [1.29, 1.82) is 0 Å². The number of rotatable bonds is 7. The molecule has 0 aliphatic rings. The SMILES string of the molecule is Cc1ccc(OCC(C)NS(=O)(=O)c2nnc(NC(=O)C(C)(C)C)s2)cc1. The lowest BCUT2D eigenvalue weighted by molar-refractivity contribution is -0.123. The summed E-state index contributed by atoms with van der Waals surface area (Å²) in [7, 11) is -3.86. The smallest absolute Gasteiger partial charge is 0.270 e. The fraction of sp³-hybridized carbons (Fsp3) is 0.471. The average molecular weight is 413 g/mol. The molecule has 0 spiro atoms. The van der Waals surface area contributed by atoms with Gasteiger partial charge in [-0.1, -0.05) is 49.8 Å². The number of hydrogen-bond donors (Lipinski definition) is 2. The molecule has 1 aromatic heterocycles. The van der Waals surface area contributed by atoms with Crippen LogP contribution in [-0.2, 0) is 14.8 Å². The third-order valence-electron chi connectivity index (χ3n) is 3.42. The van der Waals surface area contributed by atoms with Gasteiger partial charge in [-0.3, -0.25) is 4.79 Å². The van der Waals surface area contributed by atoms with E-state index in [4.69, 9.17) is 4.74 Å². The maximum Gasteiger partial charge on any atom is 0.270 e. The first-order chi connectivity index (χ1) is 12.5. The largest absolute Gasteiger partial charge is 0.492 e. The third kappa shape index (κ3) is 6.26. The number of carbonyl (C=O) groups is 1. The number of aromatic nitrogens is 2. The van der Waals surface area contributed by atoms with E-state index in [2.05, 4.69) is 20.2 Å². The van der Waals surface area contributed by atoms with Gasteiger partial charge in [-0.15, -0.1) is 10.2 Å². The zero-order chi connectivity index (χ0) is 20.2. The van der Waals surface area contributed by atoms with E-state index in [0.29, 0.717) is 5.75 Å². The Kier molecular flexibility index (Phi) is 6.55. The van der Waals surface area contributed by atoms with E-state index >= 15 is 0 Å². The van der Waals surface area contributed by atoms with Crippen molar-refractivity contribution in [3.63, 3.8) is 0 Å². The molecule has 148 valence electrons. The molecule has 2 rings (SSSR count). The van der Waals surface area contributed by atoms with E-state index in [9.17, 15) is 13.2 Å². The van der Waals surface area contributed by atoms with Crippen LogP contribution in [0.4, 0.5) is 5.13 Å². The highest BCUT2D eigenvalue weighted by Crippen LogP contribution is 2.23. The fourth-order valence-electron chi connectivity index (χ4n) is 1.86. The minimum atomic E-state index is -3.86. The minimum Gasteiger partial charge on any atom is -0.492 e. The molecule has 0 aliphatic heterocycles. The maximum absolute atomic E-state index is 12.4. The molecule has 8 nitrogen and oxygen atoms in total. The van der Waals surface area contributed by atoms with Crippen molar-refractivity contribution < 1.29 is 17.9 Å². The molecule has 0 saturated heterocycles. The summed E-state index contributed by atoms with van der Waals surface area (Å²) < 4.78 is 32.7. The maximum atomic E-state index is 12.4. The van der Waals surface area contributed by atoms with E-state index in [0.717, 1.165) is 16.9 Å². The molecule has 0 saturated carbocycles. The van der Waals surface area contributed by atoms with Crippen LogP contribution in [0.15, 0.2) is 28.6 Å². The number of anilines is 1. The Morgan fingerprint density at radius 2 is 1.85 bits per heavy atom. The summed E-state index contributed by atoms with van der Waals surface area (Å²) >= 11 is 0.797. The fourth-order valence-corrected chi connectivity index (χ4v) is 4.00. The summed E-state index contributed by atoms with van der Waals surface area (Å²) in [4.78, 5) is 12.0. The normalized spacial score (nSPS) is 13.2. The van der Waals surface area contributed by atoms with Crippen LogP contribution in [-0.4, -0.2) is 37.2 Å². The molecule has 1 aromatic carbocycles. The Morgan fingerprint density at radius 3 is 2.44 bits per heavy atom. The van der Waals surface area contributed by atoms with Gasteiger partial charge in [-0.2, -0.15) is 0 Å². The Morgan fingerprint density at radius 1 is 1.22 bits per heavy atom. The third-order valence-corrected chi connectivity index (χ3v) is 6.21. The van der Waals surface area contributed by atoms with Crippen LogP contribution in [0.1, 0.15) is 33.3 Å². The van der Waals surface area contributed by atoms with Crippen molar-refractivity contribution in [3.8, 4) is 5.75 Å². The second kappa shape index (κ2) is 8.32. The van der Waals surface area contributed by atoms with Crippen LogP contribution in [0.25, 0.3) is 0 Å². The van der Waals surface area contributed by atoms with Gasteiger partial charge in [0, 0.05) is 5.41 Å². The number of aryl methyl sites for hydroxylation is 1. The molecule has 1 heterocycles. The van der Waals surface area contributed by atoms with Gasteiger partial charge in [0.2, 0.25) is 15.4 Å². The van der Waals surface area contributed by atoms with Crippen LogP contribution >= 0.6 is 11.3 Å². The Labute approximate surface area is 163 Å². The molecular weight excluding hydrogens is 388 g/mol. The molecular formula is C17H24N4O4S2. The zero-order valence-electron chi connectivity index (χ0n) is 15.9. The zero-order valence-corrected chi connectivity index (χ0v) is 17.6. The van der Waals surface area contributed by atoms with Gasteiger partial charge in [0.15, 0.2) is 0 Å². The molecule has 0 bridgehead atoms. The molecule has 27 heavy (non-hydrogen) atoms. The van der Waals surface area contributed by atoms with Gasteiger partial charge in [0.05, 0.1) is 6.04 Å². The van der Waals surface area contributed by atoms with Gasteiger partial charge in [-0.05, 0) is 26.0 Å². The minimum absolute atomic E-state index is 0.138. The summed E-state index contributed by atoms with van der Waals surface area (Å²) in [6.07, 6.45) is 0. The Bertz CT molecular complexity index is 886. The Hall–Kier alpha value is -2.04. The topological polar surface area (TPSA) is 110 Å². The van der Waals surface area contributed by atoms with Crippen molar-refractivity contribution in [3.05, 3.63) is 29.8 Å². The van der Waals surface area contributed by atoms with Gasteiger partial charge in [0.25, 0.3) is 10.0 Å². The highest BCUT2D eigenvalue weighted by molar-refractivity contribution is 7.91. The van der Waals surface area contributed by atoms with Crippen LogP contribution in [0.3, 0.4) is 0 Å². The summed E-state index contributed by atoms with van der Waals surface area (Å²) in [6.45, 7) is 9.07. The van der Waals surface area contributed by atoms with Crippen molar-refractivity contribution in [2.24, 2.45) is 5.41 Å². The standard InChI is InChI=1S/C17H24N4O4S2/c1-11-6-8-13(9-7-11)25-10-12(2)21-27(23,24)16-20-19-15(26-16)18-14(22)17(3,4)5/h6-9,12,21H,10H2,1-5H3,(H,18,19,22). The van der Waals surface area contributed by atoms with E-state index in [1.54, 1.807) is 27.7 Å². The Balaban J connectivity index is 1.95. The lowest BCUT2D eigenvalue weighted by Crippen LogP contribution is -2.36. The van der Waals surface area contributed by atoms with Crippen LogP contribution in [0.2, 0.25) is 0 Å². The number of nitrogens with zero attached hydrogens (tertiary/aromatic N) is 2. The molecule has 2 N–H and O–H groups in total. The van der Waals surface area contributed by atoms with E-state index in [-0.39, 0.29) is 22.0 Å².